The summed E-state index contributed by atoms with van der Waals surface area (Å²) in [4.78, 5) is 2.10. The maximum Gasteiger partial charge on any atom is 0.240 e. The molecule has 0 saturated heterocycles. The highest BCUT2D eigenvalue weighted by atomic mass is 32.2. The highest BCUT2D eigenvalue weighted by molar-refractivity contribution is 7.89. The lowest BCUT2D eigenvalue weighted by atomic mass is 10.1. The van der Waals surface area contributed by atoms with Gasteiger partial charge in [-0.1, -0.05) is 18.2 Å². The molecule has 1 N–H and O–H groups in total. The second kappa shape index (κ2) is 7.44. The fraction of sp³-hybridized carbons (Fsp3) is 0.263. The quantitative estimate of drug-likeness (QED) is 0.691. The second-order valence-corrected chi connectivity index (χ2v) is 9.07. The molecule has 3 aromatic rings. The van der Waals surface area contributed by atoms with Gasteiger partial charge in [-0.2, -0.15) is 0 Å². The summed E-state index contributed by atoms with van der Waals surface area (Å²) in [6.07, 6.45) is 0. The van der Waals surface area contributed by atoms with E-state index in [0.717, 1.165) is 17.0 Å². The van der Waals surface area contributed by atoms with E-state index in [1.165, 1.54) is 16.8 Å². The van der Waals surface area contributed by atoms with Gasteiger partial charge >= 0.3 is 0 Å². The fourth-order valence-corrected chi connectivity index (χ4v) is 5.28. The molecule has 0 aliphatic rings. The SMILES string of the molecule is Cc1cc(F)ccc1S(=O)(=O)NC[C@H](c1csc2ccccc12)N(C)C. The molecule has 0 saturated carbocycles. The zero-order chi connectivity index (χ0) is 18.9. The highest BCUT2D eigenvalue weighted by Gasteiger charge is 2.23. The first-order valence-electron chi connectivity index (χ1n) is 8.18. The number of hydrogen-bond donors (Lipinski definition) is 1. The molecule has 0 aliphatic heterocycles. The van der Waals surface area contributed by atoms with Gasteiger partial charge in [-0.25, -0.2) is 17.5 Å². The molecule has 138 valence electrons. The third-order valence-corrected chi connectivity index (χ3v) is 6.95. The predicted octanol–water partition coefficient (Wildman–Crippen LogP) is 3.93. The summed E-state index contributed by atoms with van der Waals surface area (Å²) in [5.41, 5.74) is 1.48. The molecule has 4 nitrogen and oxygen atoms in total. The van der Waals surface area contributed by atoms with E-state index in [-0.39, 0.29) is 17.5 Å². The molecular weight excluding hydrogens is 371 g/mol. The molecule has 0 bridgehead atoms. The van der Waals surface area contributed by atoms with Crippen LogP contribution in [0, 0.1) is 12.7 Å². The zero-order valence-electron chi connectivity index (χ0n) is 14.9. The van der Waals surface area contributed by atoms with Crippen molar-refractivity contribution >= 4 is 31.4 Å². The van der Waals surface area contributed by atoms with Gasteiger partial charge < -0.3 is 4.90 Å². The van der Waals surface area contributed by atoms with Crippen molar-refractivity contribution in [3.63, 3.8) is 0 Å². The smallest absolute Gasteiger partial charge is 0.240 e. The van der Waals surface area contributed by atoms with Gasteiger partial charge in [-0.15, -0.1) is 11.3 Å². The van der Waals surface area contributed by atoms with Gasteiger partial charge in [0.05, 0.1) is 4.90 Å². The topological polar surface area (TPSA) is 49.4 Å². The van der Waals surface area contributed by atoms with Crippen molar-refractivity contribution in [2.24, 2.45) is 0 Å². The van der Waals surface area contributed by atoms with Crippen molar-refractivity contribution in [1.82, 2.24) is 9.62 Å². The minimum absolute atomic E-state index is 0.103. The van der Waals surface area contributed by atoms with Gasteiger partial charge in [-0.3, -0.25) is 0 Å². The normalized spacial score (nSPS) is 13.4. The molecule has 26 heavy (non-hydrogen) atoms. The minimum atomic E-state index is -3.72. The summed E-state index contributed by atoms with van der Waals surface area (Å²) >= 11 is 1.65. The van der Waals surface area contributed by atoms with Gasteiger partial charge in [0.15, 0.2) is 0 Å². The van der Waals surface area contributed by atoms with Gasteiger partial charge in [-0.05, 0) is 67.2 Å². The minimum Gasteiger partial charge on any atom is -0.301 e. The van der Waals surface area contributed by atoms with E-state index in [0.29, 0.717) is 5.56 Å². The molecule has 1 heterocycles. The van der Waals surface area contributed by atoms with Crippen LogP contribution in [0.1, 0.15) is 17.2 Å². The number of aryl methyl sites for hydroxylation is 1. The van der Waals surface area contributed by atoms with Crippen LogP contribution in [0.25, 0.3) is 10.1 Å². The van der Waals surface area contributed by atoms with Crippen LogP contribution in [-0.2, 0) is 10.0 Å². The number of nitrogens with one attached hydrogen (secondary N) is 1. The molecule has 0 spiro atoms. The number of benzene rings is 2. The largest absolute Gasteiger partial charge is 0.301 e. The Balaban J connectivity index is 1.87. The Morgan fingerprint density at radius 1 is 1.19 bits per heavy atom. The second-order valence-electron chi connectivity index (χ2n) is 6.43. The summed E-state index contributed by atoms with van der Waals surface area (Å²) < 4.78 is 42.5. The van der Waals surface area contributed by atoms with E-state index in [1.807, 2.05) is 31.1 Å². The zero-order valence-corrected chi connectivity index (χ0v) is 16.5. The van der Waals surface area contributed by atoms with Crippen LogP contribution >= 0.6 is 11.3 Å². The summed E-state index contributed by atoms with van der Waals surface area (Å²) in [5, 5.41) is 3.21. The number of hydrogen-bond acceptors (Lipinski definition) is 4. The first kappa shape index (κ1) is 19.0. The molecule has 0 unspecified atom stereocenters. The van der Waals surface area contributed by atoms with E-state index < -0.39 is 15.8 Å². The number of fused-ring (bicyclic) bond motifs is 1. The molecule has 0 fully saturated rings. The van der Waals surface area contributed by atoms with Crippen LogP contribution in [0.2, 0.25) is 0 Å². The van der Waals surface area contributed by atoms with Crippen molar-refractivity contribution in [1.29, 1.82) is 0 Å². The van der Waals surface area contributed by atoms with Crippen LogP contribution in [0.4, 0.5) is 4.39 Å². The number of nitrogens with zero attached hydrogens (tertiary/aromatic N) is 1. The third kappa shape index (κ3) is 3.81. The van der Waals surface area contributed by atoms with E-state index in [2.05, 4.69) is 22.2 Å². The Morgan fingerprint density at radius 3 is 2.62 bits per heavy atom. The van der Waals surface area contributed by atoms with Crippen LogP contribution in [0.5, 0.6) is 0 Å². The average molecular weight is 393 g/mol. The molecular formula is C19H21FN2O2S2. The molecule has 0 amide bonds. The maximum absolute atomic E-state index is 13.3. The standard InChI is InChI=1S/C19H21FN2O2S2/c1-13-10-14(20)8-9-19(13)26(23,24)21-11-17(22(2)3)16-12-25-18-7-5-4-6-15(16)18/h4-10,12,17,21H,11H2,1-3H3/t17-/m1/s1. The first-order valence-corrected chi connectivity index (χ1v) is 10.5. The lowest BCUT2D eigenvalue weighted by Gasteiger charge is -2.24. The number of likely N-dealkylation sites (N-methyl/N-ethyl adjacent to an activating group) is 1. The monoisotopic (exact) mass is 392 g/mol. The summed E-state index contributed by atoms with van der Waals surface area (Å²) in [5.74, 6) is -0.447. The Labute approximate surface area is 157 Å². The average Bonchev–Trinajstić information content (AvgIpc) is 2.98. The molecule has 1 atom stereocenters. The van der Waals surface area contributed by atoms with Gasteiger partial charge in [0.25, 0.3) is 0 Å². The molecule has 2 aromatic carbocycles. The van der Waals surface area contributed by atoms with Crippen molar-refractivity contribution in [3.05, 3.63) is 64.8 Å². The van der Waals surface area contributed by atoms with Gasteiger partial charge in [0.2, 0.25) is 10.0 Å². The Morgan fingerprint density at radius 2 is 1.92 bits per heavy atom. The molecule has 3 rings (SSSR count). The molecule has 0 radical (unpaired) electrons. The van der Waals surface area contributed by atoms with Gasteiger partial charge in [0.1, 0.15) is 5.82 Å². The van der Waals surface area contributed by atoms with E-state index in [4.69, 9.17) is 0 Å². The van der Waals surface area contributed by atoms with E-state index in [9.17, 15) is 12.8 Å². The summed E-state index contributed by atoms with van der Waals surface area (Å²) in [6.45, 7) is 1.82. The van der Waals surface area contributed by atoms with E-state index in [1.54, 1.807) is 18.3 Å². The van der Waals surface area contributed by atoms with Crippen molar-refractivity contribution in [2.75, 3.05) is 20.6 Å². The van der Waals surface area contributed by atoms with Crippen molar-refractivity contribution < 1.29 is 12.8 Å². The lowest BCUT2D eigenvalue weighted by molar-refractivity contribution is 0.301. The van der Waals surface area contributed by atoms with Crippen LogP contribution in [0.3, 0.4) is 0 Å². The predicted molar refractivity (Wildman–Crippen MR) is 105 cm³/mol. The van der Waals surface area contributed by atoms with Crippen molar-refractivity contribution in [2.45, 2.75) is 17.9 Å². The summed E-state index contributed by atoms with van der Waals surface area (Å²) in [6, 6.07) is 11.7. The summed E-state index contributed by atoms with van der Waals surface area (Å²) in [7, 11) is 0.130. The van der Waals surface area contributed by atoms with Crippen LogP contribution in [-0.4, -0.2) is 34.0 Å². The highest BCUT2D eigenvalue weighted by Crippen LogP contribution is 2.32. The number of thiophene rings is 1. The molecule has 7 heteroatoms. The first-order chi connectivity index (χ1) is 12.3. The number of rotatable bonds is 6. The van der Waals surface area contributed by atoms with Crippen LogP contribution < -0.4 is 4.72 Å². The van der Waals surface area contributed by atoms with E-state index >= 15 is 0 Å². The fourth-order valence-electron chi connectivity index (χ4n) is 3.01. The van der Waals surface area contributed by atoms with Gasteiger partial charge in [0, 0.05) is 17.3 Å². The molecule has 1 aromatic heterocycles. The lowest BCUT2D eigenvalue weighted by Crippen LogP contribution is -2.34. The van der Waals surface area contributed by atoms with Crippen LogP contribution in [0.15, 0.2) is 52.7 Å². The van der Waals surface area contributed by atoms with Crippen molar-refractivity contribution in [3.8, 4) is 0 Å². The molecule has 0 aliphatic carbocycles. The number of halogens is 1. The Kier molecular flexibility index (Phi) is 5.43. The Hall–Kier alpha value is -1.80. The Bertz CT molecular complexity index is 1030. The maximum atomic E-state index is 13.3. The number of sulfonamides is 1. The third-order valence-electron chi connectivity index (χ3n) is 4.39.